The highest BCUT2D eigenvalue weighted by atomic mass is 28.4. The molecule has 0 bridgehead atoms. The summed E-state index contributed by atoms with van der Waals surface area (Å²) in [6.45, 7) is 8.02. The fraction of sp³-hybridized carbons (Fsp3) is 0.429. The molecule has 1 fully saturated rings. The zero-order valence-corrected chi connectivity index (χ0v) is 16.3. The first-order valence-corrected chi connectivity index (χ1v) is 12.4. The summed E-state index contributed by atoms with van der Waals surface area (Å²) in [5.74, 6) is 0. The number of rotatable bonds is 5. The Morgan fingerprint density at radius 2 is 1.42 bits per heavy atom. The third-order valence-corrected chi connectivity index (χ3v) is 5.80. The van der Waals surface area contributed by atoms with Crippen molar-refractivity contribution < 1.29 is 4.43 Å². The van der Waals surface area contributed by atoms with Gasteiger partial charge in [-0.3, -0.25) is 4.90 Å². The average molecular weight is 340 g/mol. The van der Waals surface area contributed by atoms with Gasteiger partial charge in [0, 0.05) is 6.04 Å². The molecule has 0 aliphatic carbocycles. The first-order chi connectivity index (χ1) is 11.4. The maximum Gasteiger partial charge on any atom is 0.185 e. The van der Waals surface area contributed by atoms with Gasteiger partial charge in [0.2, 0.25) is 0 Å². The van der Waals surface area contributed by atoms with E-state index in [0.29, 0.717) is 6.04 Å². The molecule has 0 unspecified atom stereocenters. The van der Waals surface area contributed by atoms with Crippen molar-refractivity contribution in [1.29, 1.82) is 0 Å². The summed E-state index contributed by atoms with van der Waals surface area (Å²) in [5, 5.41) is 0. The van der Waals surface area contributed by atoms with E-state index in [0.717, 1.165) is 6.54 Å². The highest BCUT2D eigenvalue weighted by molar-refractivity contribution is 6.69. The Labute approximate surface area is 147 Å². The summed E-state index contributed by atoms with van der Waals surface area (Å²) in [4.78, 5) is 2.49. The summed E-state index contributed by atoms with van der Waals surface area (Å²) < 4.78 is 7.05. The molecule has 2 aromatic rings. The van der Waals surface area contributed by atoms with Crippen LogP contribution in [-0.4, -0.2) is 32.9 Å². The van der Waals surface area contributed by atoms with Crippen LogP contribution in [0.3, 0.4) is 0 Å². The molecule has 0 saturated carbocycles. The zero-order chi connectivity index (χ0) is 17.2. The van der Waals surface area contributed by atoms with Crippen molar-refractivity contribution in [2.24, 2.45) is 0 Å². The molecule has 1 saturated heterocycles. The van der Waals surface area contributed by atoms with Crippen LogP contribution in [-0.2, 0) is 10.0 Å². The van der Waals surface area contributed by atoms with E-state index in [9.17, 15) is 0 Å². The van der Waals surface area contributed by atoms with Gasteiger partial charge in [0.05, 0.1) is 0 Å². The molecule has 0 amide bonds. The molecule has 3 rings (SSSR count). The number of hydrogen-bond acceptors (Lipinski definition) is 2. The third kappa shape index (κ3) is 3.34. The van der Waals surface area contributed by atoms with Gasteiger partial charge in [-0.25, -0.2) is 0 Å². The molecular weight excluding hydrogens is 310 g/mol. The first kappa shape index (κ1) is 17.4. The number of benzene rings is 2. The maximum atomic E-state index is 7.05. The summed E-state index contributed by atoms with van der Waals surface area (Å²) in [6.07, 6.45) is 2.41. The number of nitrogens with zero attached hydrogens (tertiary/aromatic N) is 1. The molecule has 2 nitrogen and oxygen atoms in total. The van der Waals surface area contributed by atoms with E-state index in [1.165, 1.54) is 24.0 Å². The Kier molecular flexibility index (Phi) is 4.95. The van der Waals surface area contributed by atoms with Crippen LogP contribution in [0.2, 0.25) is 19.6 Å². The minimum atomic E-state index is -1.78. The van der Waals surface area contributed by atoms with Crippen LogP contribution in [0.1, 0.15) is 24.0 Å². The largest absolute Gasteiger partial charge is 0.403 e. The molecular formula is C21H29NOSi. The van der Waals surface area contributed by atoms with Crippen LogP contribution in [0.4, 0.5) is 0 Å². The normalized spacial score (nSPS) is 19.6. The van der Waals surface area contributed by atoms with Crippen molar-refractivity contribution in [3.8, 4) is 0 Å². The quantitative estimate of drug-likeness (QED) is 0.720. The first-order valence-electron chi connectivity index (χ1n) is 8.95. The Balaban J connectivity index is 2.23. The lowest BCUT2D eigenvalue weighted by molar-refractivity contribution is 0.0217. The van der Waals surface area contributed by atoms with Gasteiger partial charge in [0.1, 0.15) is 5.60 Å². The predicted molar refractivity (Wildman–Crippen MR) is 104 cm³/mol. The summed E-state index contributed by atoms with van der Waals surface area (Å²) in [6, 6.07) is 22.0. The topological polar surface area (TPSA) is 12.5 Å². The zero-order valence-electron chi connectivity index (χ0n) is 15.3. The molecule has 1 aliphatic rings. The summed E-state index contributed by atoms with van der Waals surface area (Å²) in [5.41, 5.74) is 2.16. The van der Waals surface area contributed by atoms with Crippen LogP contribution in [0.15, 0.2) is 60.7 Å². The van der Waals surface area contributed by atoms with Crippen molar-refractivity contribution in [3.05, 3.63) is 71.8 Å². The van der Waals surface area contributed by atoms with Gasteiger partial charge in [-0.05, 0) is 57.2 Å². The highest BCUT2D eigenvalue weighted by Crippen LogP contribution is 2.44. The lowest BCUT2D eigenvalue weighted by Gasteiger charge is -2.46. The molecule has 128 valence electrons. The Bertz CT molecular complexity index is 611. The second kappa shape index (κ2) is 6.83. The minimum Gasteiger partial charge on any atom is -0.403 e. The molecule has 24 heavy (non-hydrogen) atoms. The molecule has 0 spiro atoms. The van der Waals surface area contributed by atoms with Gasteiger partial charge in [-0.2, -0.15) is 0 Å². The maximum absolute atomic E-state index is 7.05. The lowest BCUT2D eigenvalue weighted by Crippen LogP contribution is -2.53. The van der Waals surface area contributed by atoms with Crippen LogP contribution in [0.25, 0.3) is 0 Å². The fourth-order valence-corrected chi connectivity index (χ4v) is 5.35. The highest BCUT2D eigenvalue weighted by Gasteiger charge is 2.48. The smallest absolute Gasteiger partial charge is 0.185 e. The fourth-order valence-electron chi connectivity index (χ4n) is 4.02. The number of likely N-dealkylation sites (tertiary alicyclic amines) is 1. The molecule has 0 aromatic heterocycles. The van der Waals surface area contributed by atoms with Crippen molar-refractivity contribution in [2.75, 3.05) is 13.6 Å². The molecule has 2 aromatic carbocycles. The predicted octanol–water partition coefficient (Wildman–Crippen LogP) is 4.88. The van der Waals surface area contributed by atoms with Gasteiger partial charge in [0.15, 0.2) is 8.32 Å². The average Bonchev–Trinajstić information content (AvgIpc) is 3.00. The van der Waals surface area contributed by atoms with Gasteiger partial charge in [-0.15, -0.1) is 0 Å². The van der Waals surface area contributed by atoms with E-state index >= 15 is 0 Å². The molecule has 1 aliphatic heterocycles. The van der Waals surface area contributed by atoms with Crippen LogP contribution in [0.5, 0.6) is 0 Å². The number of hydrogen-bond donors (Lipinski definition) is 0. The van der Waals surface area contributed by atoms with Crippen molar-refractivity contribution >= 4 is 8.32 Å². The molecule has 3 heteroatoms. The number of likely N-dealkylation sites (N-methyl/N-ethyl adjacent to an activating group) is 1. The summed E-state index contributed by atoms with van der Waals surface area (Å²) >= 11 is 0. The molecule has 0 N–H and O–H groups in total. The molecule has 0 radical (unpaired) electrons. The standard InChI is InChI=1S/C21H29NOSi/c1-22-17-11-16-20(22)21(23-24(2,3)4,18-12-7-5-8-13-18)19-14-9-6-10-15-19/h5-10,12-15,20H,11,16-17H2,1-4H3/t20-/m1/s1. The van der Waals surface area contributed by atoms with Gasteiger partial charge < -0.3 is 4.43 Å². The van der Waals surface area contributed by atoms with E-state index in [1.54, 1.807) is 0 Å². The van der Waals surface area contributed by atoms with Crippen molar-refractivity contribution in [1.82, 2.24) is 4.90 Å². The lowest BCUT2D eigenvalue weighted by atomic mass is 9.79. The van der Waals surface area contributed by atoms with Gasteiger partial charge in [0.25, 0.3) is 0 Å². The van der Waals surface area contributed by atoms with E-state index < -0.39 is 13.9 Å². The molecule has 1 heterocycles. The van der Waals surface area contributed by atoms with Crippen LogP contribution in [0, 0.1) is 0 Å². The van der Waals surface area contributed by atoms with Gasteiger partial charge in [-0.1, -0.05) is 60.7 Å². The van der Waals surface area contributed by atoms with Crippen molar-refractivity contribution in [3.63, 3.8) is 0 Å². The van der Waals surface area contributed by atoms with Crippen molar-refractivity contribution in [2.45, 2.75) is 44.1 Å². The second-order valence-electron chi connectivity index (χ2n) is 7.82. The SMILES string of the molecule is CN1CCC[C@@H]1C(O[Si](C)(C)C)(c1ccccc1)c1ccccc1. The molecule has 1 atom stereocenters. The summed E-state index contributed by atoms with van der Waals surface area (Å²) in [7, 11) is 0.460. The van der Waals surface area contributed by atoms with Gasteiger partial charge >= 0.3 is 0 Å². The Hall–Kier alpha value is -1.42. The van der Waals surface area contributed by atoms with E-state index in [4.69, 9.17) is 4.43 Å². The van der Waals surface area contributed by atoms with E-state index in [2.05, 4.69) is 92.3 Å². The third-order valence-electron chi connectivity index (χ3n) is 4.86. The van der Waals surface area contributed by atoms with Crippen LogP contribution >= 0.6 is 0 Å². The Morgan fingerprint density at radius 3 is 1.79 bits per heavy atom. The second-order valence-corrected chi connectivity index (χ2v) is 12.2. The van der Waals surface area contributed by atoms with E-state index in [-0.39, 0.29) is 0 Å². The van der Waals surface area contributed by atoms with Crippen LogP contribution < -0.4 is 0 Å². The monoisotopic (exact) mass is 339 g/mol. The van der Waals surface area contributed by atoms with E-state index in [1.807, 2.05) is 0 Å². The minimum absolute atomic E-state index is 0.369. The Morgan fingerprint density at radius 1 is 0.917 bits per heavy atom.